The molecule has 0 saturated heterocycles. The van der Waals surface area contributed by atoms with Crippen LogP contribution < -0.4 is 14.8 Å². The second kappa shape index (κ2) is 26.6. The average Bonchev–Trinajstić information content (AvgIpc) is 1.62. The molecule has 20 rings (SSSR count). The predicted octanol–water partition coefficient (Wildman–Crippen LogP) is 23.8. The Kier molecular flexibility index (Phi) is 15.5. The molecule has 15 aromatic rings. The lowest BCUT2D eigenvalue weighted by atomic mass is 10.0. The fourth-order valence-electron chi connectivity index (χ4n) is 15.5. The van der Waals surface area contributed by atoms with Crippen molar-refractivity contribution in [2.75, 3.05) is 0 Å². The highest BCUT2D eigenvalue weighted by atomic mass is 16.5. The summed E-state index contributed by atoms with van der Waals surface area (Å²) in [5.74, 6) is 1.93. The first-order valence-electron chi connectivity index (χ1n) is 36.2. The number of ether oxygens (including phenoxy) is 2. The van der Waals surface area contributed by atoms with Crippen LogP contribution in [0, 0.1) is 10.8 Å². The van der Waals surface area contributed by atoms with Crippen molar-refractivity contribution in [3.05, 3.63) is 348 Å². The number of hydrogen-bond donors (Lipinski definition) is 7. The van der Waals surface area contributed by atoms with Crippen molar-refractivity contribution in [2.24, 2.45) is 0 Å². The van der Waals surface area contributed by atoms with Crippen LogP contribution >= 0.6 is 0 Å². The molecule has 0 saturated carbocycles. The van der Waals surface area contributed by atoms with Crippen molar-refractivity contribution in [2.45, 2.75) is 0 Å². The third kappa shape index (κ3) is 11.6. The van der Waals surface area contributed by atoms with Gasteiger partial charge in [-0.15, -0.1) is 0 Å². The first-order chi connectivity index (χ1) is 53.8. The van der Waals surface area contributed by atoms with E-state index in [1.165, 1.54) is 0 Å². The molecule has 9 aromatic carbocycles. The van der Waals surface area contributed by atoms with Crippen LogP contribution in [0.1, 0.15) is 56.7 Å². The van der Waals surface area contributed by atoms with Gasteiger partial charge in [0.25, 0.3) is 0 Å². The molecule has 0 unspecified atom stereocenters. The predicted molar refractivity (Wildman–Crippen MR) is 445 cm³/mol. The smallest absolute Gasteiger partial charge is 0.170 e. The monoisotopic (exact) mass is 1400 g/mol. The number of aromatic nitrogens is 8. The van der Waals surface area contributed by atoms with E-state index in [4.69, 9.17) is 40.2 Å². The topological polar surface area (TPSA) is 193 Å². The van der Waals surface area contributed by atoms with Crippen LogP contribution in [0.3, 0.4) is 0 Å². The third-order valence-corrected chi connectivity index (χ3v) is 20.5. The molecular formula is C96H63N11O2. The zero-order valence-electron chi connectivity index (χ0n) is 58.4. The van der Waals surface area contributed by atoms with E-state index in [1.54, 1.807) is 12.1 Å². The van der Waals surface area contributed by atoms with E-state index >= 15 is 0 Å². The van der Waals surface area contributed by atoms with Gasteiger partial charge in [0, 0.05) is 99.8 Å². The number of nitrogens with one attached hydrogen (secondary N) is 7. The molecule has 109 heavy (non-hydrogen) atoms. The highest BCUT2D eigenvalue weighted by Crippen LogP contribution is 2.45. The molecule has 0 radical (unpaired) electrons. The van der Waals surface area contributed by atoms with Crippen molar-refractivity contribution in [1.29, 1.82) is 10.8 Å². The van der Waals surface area contributed by atoms with Gasteiger partial charge in [-0.3, -0.25) is 10.8 Å². The molecule has 5 aliphatic rings. The SMILES string of the molecule is N=C1NC(=N)c2cc(Oc3ccc(-c4c5nc(c(-c6ccccc6)c6ccc([nH]6)c(-c6ccccc6)c6nc(c(-c7ccccc7)c7ccc4[nH]7)C=C6)C=C5)cc3)c(Oc3ccc(-c4c5nc(c(-c6ccccc6)c6ccc([nH]6)c(-c6ccccc6)c6nc(c(-c7ccccc7)c7ccc4[nH]7)C=C6)C=C5)cc3)cc21. The summed E-state index contributed by atoms with van der Waals surface area (Å²) in [5, 5.41) is 20.8. The first kappa shape index (κ1) is 63.6. The van der Waals surface area contributed by atoms with E-state index in [1.807, 2.05) is 84.9 Å². The molecule has 6 aromatic heterocycles. The lowest BCUT2D eigenvalue weighted by Crippen LogP contribution is -2.20. The first-order valence-corrected chi connectivity index (χ1v) is 36.2. The van der Waals surface area contributed by atoms with Gasteiger partial charge in [-0.2, -0.15) is 0 Å². The van der Waals surface area contributed by atoms with Crippen molar-refractivity contribution < 1.29 is 9.47 Å². The summed E-state index contributed by atoms with van der Waals surface area (Å²) in [7, 11) is 0. The maximum atomic E-state index is 8.93. The van der Waals surface area contributed by atoms with E-state index in [9.17, 15) is 0 Å². The standard InChI is InChI=1S/C96H63N11O2/c97-95-67-55-85(108-65-35-31-63(32-36-65)93-81-51-47-77(103-81)89(59-23-11-3-12-24-59)73-43-39-69(99-73)87(57-19-7-1-8-20-57)70-40-44-74(100-70)90(60-25-13-4-14-26-60)78-48-52-82(93)104-78)86(56-68(67)96(98)107-95)109-66-37-33-64(34-38-66)94-83-53-49-79(105-83)91(61-27-15-5-16-28-61)75-45-41-71(101-75)88(58-21-9-2-10-22-58)72-42-46-76(102-72)92(62-29-17-6-18-30-62)80-50-54-84(94)106-80/h1-56,99,101,104,106H,(H3,97,98,107). The van der Waals surface area contributed by atoms with Gasteiger partial charge in [0.15, 0.2) is 11.5 Å². The van der Waals surface area contributed by atoms with Gasteiger partial charge in [-0.25, -0.2) is 19.9 Å². The van der Waals surface area contributed by atoms with Crippen LogP contribution in [0.5, 0.6) is 23.0 Å². The summed E-state index contributed by atoms with van der Waals surface area (Å²) in [6.45, 7) is 0. The normalized spacial score (nSPS) is 12.6. The lowest BCUT2D eigenvalue weighted by molar-refractivity contribution is 0.418. The largest absolute Gasteiger partial charge is 0.453 e. The molecule has 13 heteroatoms. The van der Waals surface area contributed by atoms with Gasteiger partial charge in [-0.05, 0) is 178 Å². The Balaban J connectivity index is 0.702. The molecule has 16 bridgehead atoms. The summed E-state index contributed by atoms with van der Waals surface area (Å²) in [4.78, 5) is 37.5. The number of nitrogens with zero attached hydrogens (tertiary/aromatic N) is 4. The number of aromatic amines is 4. The van der Waals surface area contributed by atoms with Crippen LogP contribution in [0.4, 0.5) is 0 Å². The van der Waals surface area contributed by atoms with Crippen LogP contribution in [0.2, 0.25) is 0 Å². The molecule has 11 heterocycles. The van der Waals surface area contributed by atoms with Crippen LogP contribution in [0.15, 0.2) is 291 Å². The van der Waals surface area contributed by atoms with E-state index in [2.05, 4.69) is 268 Å². The van der Waals surface area contributed by atoms with Crippen LogP contribution in [0.25, 0.3) is 182 Å². The molecule has 7 N–H and O–H groups in total. The quantitative estimate of drug-likeness (QED) is 0.0632. The number of H-pyrrole nitrogens is 4. The summed E-state index contributed by atoms with van der Waals surface area (Å²) in [6, 6.07) is 99.1. The number of fused-ring (bicyclic) bond motifs is 17. The van der Waals surface area contributed by atoms with E-state index in [0.29, 0.717) is 34.1 Å². The molecular weight excluding hydrogens is 1340 g/mol. The van der Waals surface area contributed by atoms with E-state index in [-0.39, 0.29) is 11.7 Å². The minimum atomic E-state index is 0.0930. The average molecular weight is 1400 g/mol. The molecule has 0 atom stereocenters. The number of benzene rings is 9. The highest BCUT2D eigenvalue weighted by molar-refractivity contribution is 6.24. The Bertz CT molecular complexity index is 6250. The third-order valence-electron chi connectivity index (χ3n) is 20.5. The van der Waals surface area contributed by atoms with Crippen molar-refractivity contribution in [1.82, 2.24) is 45.2 Å². The maximum absolute atomic E-state index is 8.93. The highest BCUT2D eigenvalue weighted by Gasteiger charge is 2.27. The molecule has 13 nitrogen and oxygen atoms in total. The lowest BCUT2D eigenvalue weighted by Gasteiger charge is -2.15. The fourth-order valence-corrected chi connectivity index (χ4v) is 15.5. The Hall–Kier alpha value is -15.1. The Labute approximate surface area is 626 Å². The number of rotatable bonds is 12. The van der Waals surface area contributed by atoms with Crippen LogP contribution in [-0.2, 0) is 0 Å². The van der Waals surface area contributed by atoms with Crippen molar-refractivity contribution >= 4 is 104 Å². The molecule has 514 valence electrons. The second-order valence-corrected chi connectivity index (χ2v) is 27.2. The Morgan fingerprint density at radius 3 is 0.587 bits per heavy atom. The van der Waals surface area contributed by atoms with Gasteiger partial charge in [0.2, 0.25) is 0 Å². The van der Waals surface area contributed by atoms with Crippen molar-refractivity contribution in [3.8, 4) is 112 Å². The zero-order chi connectivity index (χ0) is 72.5. The van der Waals surface area contributed by atoms with E-state index < -0.39 is 0 Å². The van der Waals surface area contributed by atoms with Gasteiger partial charge in [-0.1, -0.05) is 206 Å². The number of hydrogen-bond acceptors (Lipinski definition) is 8. The Morgan fingerprint density at radius 1 is 0.211 bits per heavy atom. The molecule has 0 spiro atoms. The summed E-state index contributed by atoms with van der Waals surface area (Å²) in [6.07, 6.45) is 16.9. The van der Waals surface area contributed by atoms with E-state index in [0.717, 1.165) is 179 Å². The molecule has 0 aliphatic carbocycles. The van der Waals surface area contributed by atoms with Gasteiger partial charge >= 0.3 is 0 Å². The second-order valence-electron chi connectivity index (χ2n) is 27.2. The maximum Gasteiger partial charge on any atom is 0.170 e. The van der Waals surface area contributed by atoms with Gasteiger partial charge in [0.1, 0.15) is 23.2 Å². The molecule has 0 amide bonds. The van der Waals surface area contributed by atoms with Gasteiger partial charge in [0.05, 0.1) is 45.6 Å². The summed E-state index contributed by atoms with van der Waals surface area (Å²) >= 11 is 0. The minimum Gasteiger partial charge on any atom is -0.453 e. The fraction of sp³-hybridized carbons (Fsp3) is 0. The summed E-state index contributed by atoms with van der Waals surface area (Å²) in [5.41, 5.74) is 30.2. The summed E-state index contributed by atoms with van der Waals surface area (Å²) < 4.78 is 13.8. The molecule has 5 aliphatic heterocycles. The van der Waals surface area contributed by atoms with Crippen molar-refractivity contribution in [3.63, 3.8) is 0 Å². The van der Waals surface area contributed by atoms with Crippen LogP contribution in [-0.4, -0.2) is 51.5 Å². The minimum absolute atomic E-state index is 0.0930. The Morgan fingerprint density at radius 2 is 0.394 bits per heavy atom. The molecule has 0 fully saturated rings. The van der Waals surface area contributed by atoms with Gasteiger partial charge < -0.3 is 34.7 Å². The number of amidine groups is 2. The zero-order valence-corrected chi connectivity index (χ0v) is 58.4.